The minimum atomic E-state index is -0.0789. The van der Waals surface area contributed by atoms with Crippen molar-refractivity contribution >= 4 is 11.6 Å². The molecule has 0 aliphatic rings. The third-order valence-electron chi connectivity index (χ3n) is 3.08. The summed E-state index contributed by atoms with van der Waals surface area (Å²) < 4.78 is 0. The van der Waals surface area contributed by atoms with E-state index in [4.69, 9.17) is 0 Å². The monoisotopic (exact) mass is 293 g/mol. The van der Waals surface area contributed by atoms with Crippen LogP contribution in [-0.4, -0.2) is 26.1 Å². The zero-order chi connectivity index (χ0) is 15.2. The van der Waals surface area contributed by atoms with Gasteiger partial charge < -0.3 is 5.32 Å². The molecule has 3 aromatic rings. The molecule has 3 rings (SSSR count). The highest BCUT2D eigenvalue weighted by Gasteiger charge is 2.07. The lowest BCUT2D eigenvalue weighted by Gasteiger charge is -2.03. The standard InChI is InChI=1S/C16H15N5O/c22-15(17-14-9-5-2-6-10-14)11-12-21-19-16(18-20-21)13-7-3-1-4-8-13/h1-10H,11-12H2,(H,17,22). The first-order valence-corrected chi connectivity index (χ1v) is 6.99. The fraction of sp³-hybridized carbons (Fsp3) is 0.125. The number of benzene rings is 2. The molecule has 110 valence electrons. The van der Waals surface area contributed by atoms with Crippen molar-refractivity contribution < 1.29 is 4.79 Å². The minimum absolute atomic E-state index is 0.0789. The van der Waals surface area contributed by atoms with Crippen LogP contribution in [0.5, 0.6) is 0 Å². The Morgan fingerprint density at radius 3 is 2.41 bits per heavy atom. The molecule has 0 saturated heterocycles. The lowest BCUT2D eigenvalue weighted by Crippen LogP contribution is -2.15. The van der Waals surface area contributed by atoms with Gasteiger partial charge in [0.15, 0.2) is 0 Å². The number of tetrazole rings is 1. The number of aromatic nitrogens is 4. The quantitative estimate of drug-likeness (QED) is 0.784. The van der Waals surface area contributed by atoms with E-state index in [1.165, 1.54) is 4.80 Å². The number of rotatable bonds is 5. The van der Waals surface area contributed by atoms with E-state index in [0.717, 1.165) is 11.3 Å². The minimum Gasteiger partial charge on any atom is -0.326 e. The summed E-state index contributed by atoms with van der Waals surface area (Å²) in [5.74, 6) is 0.480. The number of anilines is 1. The molecule has 22 heavy (non-hydrogen) atoms. The Labute approximate surface area is 127 Å². The maximum atomic E-state index is 11.9. The van der Waals surface area contributed by atoms with Crippen LogP contribution in [0.3, 0.4) is 0 Å². The second kappa shape index (κ2) is 6.62. The first-order valence-electron chi connectivity index (χ1n) is 6.99. The highest BCUT2D eigenvalue weighted by Crippen LogP contribution is 2.12. The Hall–Kier alpha value is -3.02. The SMILES string of the molecule is O=C(CCn1nnc(-c2ccccc2)n1)Nc1ccccc1. The molecule has 0 bridgehead atoms. The zero-order valence-electron chi connectivity index (χ0n) is 11.9. The van der Waals surface area contributed by atoms with Gasteiger partial charge in [-0.1, -0.05) is 48.5 Å². The van der Waals surface area contributed by atoms with E-state index in [9.17, 15) is 4.79 Å². The van der Waals surface area contributed by atoms with Gasteiger partial charge in [-0.25, -0.2) is 0 Å². The summed E-state index contributed by atoms with van der Waals surface area (Å²) in [5, 5.41) is 15.1. The second-order valence-electron chi connectivity index (χ2n) is 4.74. The van der Waals surface area contributed by atoms with Gasteiger partial charge in [-0.15, -0.1) is 10.2 Å². The summed E-state index contributed by atoms with van der Waals surface area (Å²) in [6, 6.07) is 19.0. The summed E-state index contributed by atoms with van der Waals surface area (Å²) in [7, 11) is 0. The van der Waals surface area contributed by atoms with Gasteiger partial charge in [0, 0.05) is 17.7 Å². The van der Waals surface area contributed by atoms with E-state index < -0.39 is 0 Å². The molecule has 6 nitrogen and oxygen atoms in total. The van der Waals surface area contributed by atoms with Crippen molar-refractivity contribution in [3.05, 3.63) is 60.7 Å². The number of para-hydroxylation sites is 1. The maximum Gasteiger partial charge on any atom is 0.226 e. The molecular weight excluding hydrogens is 278 g/mol. The molecule has 2 aromatic carbocycles. The Morgan fingerprint density at radius 1 is 1.00 bits per heavy atom. The summed E-state index contributed by atoms with van der Waals surface area (Å²) >= 11 is 0. The largest absolute Gasteiger partial charge is 0.326 e. The van der Waals surface area contributed by atoms with Gasteiger partial charge in [-0.3, -0.25) is 4.79 Å². The lowest BCUT2D eigenvalue weighted by atomic mass is 10.2. The number of hydrogen-bond donors (Lipinski definition) is 1. The third kappa shape index (κ3) is 3.54. The molecule has 0 aliphatic carbocycles. The van der Waals surface area contributed by atoms with Gasteiger partial charge in [0.2, 0.25) is 11.7 Å². The van der Waals surface area contributed by atoms with Crippen molar-refractivity contribution in [2.24, 2.45) is 0 Å². The highest BCUT2D eigenvalue weighted by molar-refractivity contribution is 5.90. The Balaban J connectivity index is 1.56. The molecule has 1 heterocycles. The van der Waals surface area contributed by atoms with Crippen molar-refractivity contribution in [2.45, 2.75) is 13.0 Å². The first-order chi connectivity index (χ1) is 10.8. The molecule has 0 spiro atoms. The van der Waals surface area contributed by atoms with E-state index in [2.05, 4.69) is 20.7 Å². The van der Waals surface area contributed by atoms with Gasteiger partial charge >= 0.3 is 0 Å². The first kappa shape index (κ1) is 13.9. The number of nitrogens with one attached hydrogen (secondary N) is 1. The fourth-order valence-corrected chi connectivity index (χ4v) is 1.99. The average Bonchev–Trinajstić information content (AvgIpc) is 3.04. The van der Waals surface area contributed by atoms with Crippen LogP contribution in [0.2, 0.25) is 0 Å². The van der Waals surface area contributed by atoms with Gasteiger partial charge in [0.05, 0.1) is 6.54 Å². The van der Waals surface area contributed by atoms with Crippen LogP contribution in [0.1, 0.15) is 6.42 Å². The number of amides is 1. The number of hydrogen-bond acceptors (Lipinski definition) is 4. The Morgan fingerprint density at radius 2 is 1.68 bits per heavy atom. The maximum absolute atomic E-state index is 11.9. The molecule has 1 amide bonds. The van der Waals surface area contributed by atoms with Crippen LogP contribution < -0.4 is 5.32 Å². The van der Waals surface area contributed by atoms with Crippen LogP contribution in [0.4, 0.5) is 5.69 Å². The van der Waals surface area contributed by atoms with E-state index in [1.54, 1.807) is 0 Å². The van der Waals surface area contributed by atoms with E-state index in [0.29, 0.717) is 18.8 Å². The molecule has 0 radical (unpaired) electrons. The van der Waals surface area contributed by atoms with E-state index in [-0.39, 0.29) is 5.91 Å². The van der Waals surface area contributed by atoms with Crippen molar-refractivity contribution in [1.29, 1.82) is 0 Å². The molecule has 0 aliphatic heterocycles. The van der Waals surface area contributed by atoms with Crippen molar-refractivity contribution in [3.63, 3.8) is 0 Å². The summed E-state index contributed by atoms with van der Waals surface area (Å²) in [6.45, 7) is 0.387. The average molecular weight is 293 g/mol. The van der Waals surface area contributed by atoms with E-state index in [1.807, 2.05) is 60.7 Å². The van der Waals surface area contributed by atoms with E-state index >= 15 is 0 Å². The number of carbonyl (C=O) groups excluding carboxylic acids is 1. The van der Waals surface area contributed by atoms with Gasteiger partial charge in [-0.2, -0.15) is 4.80 Å². The molecule has 0 atom stereocenters. The van der Waals surface area contributed by atoms with Crippen LogP contribution in [0.25, 0.3) is 11.4 Å². The van der Waals surface area contributed by atoms with Crippen LogP contribution in [-0.2, 0) is 11.3 Å². The van der Waals surface area contributed by atoms with Crippen LogP contribution >= 0.6 is 0 Å². The Kier molecular flexibility index (Phi) is 4.20. The molecule has 0 saturated carbocycles. The molecule has 0 fully saturated rings. The number of nitrogens with zero attached hydrogens (tertiary/aromatic N) is 4. The summed E-state index contributed by atoms with van der Waals surface area (Å²) in [4.78, 5) is 13.3. The number of carbonyl (C=O) groups is 1. The molecular formula is C16H15N5O. The summed E-state index contributed by atoms with van der Waals surface area (Å²) in [5.41, 5.74) is 1.69. The number of aryl methyl sites for hydroxylation is 1. The van der Waals surface area contributed by atoms with Crippen molar-refractivity contribution in [1.82, 2.24) is 20.2 Å². The van der Waals surface area contributed by atoms with Crippen LogP contribution in [0.15, 0.2) is 60.7 Å². The van der Waals surface area contributed by atoms with Crippen molar-refractivity contribution in [2.75, 3.05) is 5.32 Å². The van der Waals surface area contributed by atoms with Crippen molar-refractivity contribution in [3.8, 4) is 11.4 Å². The summed E-state index contributed by atoms with van der Waals surface area (Å²) in [6.07, 6.45) is 0.291. The zero-order valence-corrected chi connectivity index (χ0v) is 11.9. The lowest BCUT2D eigenvalue weighted by molar-refractivity contribution is -0.116. The van der Waals surface area contributed by atoms with Gasteiger partial charge in [0.25, 0.3) is 0 Å². The van der Waals surface area contributed by atoms with Gasteiger partial charge in [0.1, 0.15) is 0 Å². The van der Waals surface area contributed by atoms with Gasteiger partial charge in [-0.05, 0) is 17.3 Å². The fourth-order valence-electron chi connectivity index (χ4n) is 1.99. The Bertz CT molecular complexity index is 739. The predicted molar refractivity (Wildman–Crippen MR) is 82.9 cm³/mol. The topological polar surface area (TPSA) is 72.7 Å². The predicted octanol–water partition coefficient (Wildman–Crippen LogP) is 2.37. The normalized spacial score (nSPS) is 10.4. The molecule has 6 heteroatoms. The molecule has 1 aromatic heterocycles. The molecule has 0 unspecified atom stereocenters. The smallest absolute Gasteiger partial charge is 0.226 e. The highest BCUT2D eigenvalue weighted by atomic mass is 16.1. The second-order valence-corrected chi connectivity index (χ2v) is 4.74. The van der Waals surface area contributed by atoms with Crippen LogP contribution in [0, 0.1) is 0 Å². The third-order valence-corrected chi connectivity index (χ3v) is 3.08. The molecule has 1 N–H and O–H groups in total.